The van der Waals surface area contributed by atoms with Crippen molar-refractivity contribution in [3.05, 3.63) is 53.3 Å². The van der Waals surface area contributed by atoms with Crippen LogP contribution in [0, 0.1) is 5.82 Å². The zero-order valence-electron chi connectivity index (χ0n) is 19.7. The molecule has 0 aliphatic heterocycles. The summed E-state index contributed by atoms with van der Waals surface area (Å²) in [6, 6.07) is 11.5. The van der Waals surface area contributed by atoms with Gasteiger partial charge >= 0.3 is 0 Å². The first kappa shape index (κ1) is 22.8. The first-order valence-electron chi connectivity index (χ1n) is 12.5. The minimum absolute atomic E-state index is 0.00766. The summed E-state index contributed by atoms with van der Waals surface area (Å²) in [5, 5.41) is 0.555. The van der Waals surface area contributed by atoms with Crippen molar-refractivity contribution in [3.8, 4) is 16.9 Å². The van der Waals surface area contributed by atoms with Crippen LogP contribution < -0.4 is 9.46 Å². The lowest BCUT2D eigenvalue weighted by Crippen LogP contribution is -2.37. The van der Waals surface area contributed by atoms with Gasteiger partial charge in [0, 0.05) is 10.8 Å². The summed E-state index contributed by atoms with van der Waals surface area (Å²) in [6.07, 6.45) is 10.3. The fraction of sp³-hybridized carbons (Fsp3) is 0.536. The Labute approximate surface area is 201 Å². The molecule has 3 saturated carbocycles. The van der Waals surface area contributed by atoms with Crippen LogP contribution in [0.25, 0.3) is 11.1 Å². The Morgan fingerprint density at radius 1 is 1.00 bits per heavy atom. The average Bonchev–Trinajstić information content (AvgIpc) is 3.46. The quantitative estimate of drug-likeness (QED) is 0.414. The van der Waals surface area contributed by atoms with Gasteiger partial charge < -0.3 is 4.74 Å². The van der Waals surface area contributed by atoms with Gasteiger partial charge in [-0.1, -0.05) is 24.6 Å². The number of hydrogen-bond donors (Lipinski definition) is 1. The van der Waals surface area contributed by atoms with Crippen LogP contribution in [-0.4, -0.2) is 17.3 Å². The first-order valence-corrected chi connectivity index (χ1v) is 13.4. The average molecular weight is 468 g/mol. The number of benzene rings is 2. The zero-order chi connectivity index (χ0) is 23.0. The minimum atomic E-state index is -0.702. The molecule has 2 aromatic rings. The van der Waals surface area contributed by atoms with Crippen LogP contribution >= 0.6 is 11.9 Å². The molecule has 0 aromatic heterocycles. The van der Waals surface area contributed by atoms with E-state index in [1.807, 2.05) is 32.0 Å². The third kappa shape index (κ3) is 4.80. The molecule has 2 aromatic carbocycles. The Morgan fingerprint density at radius 2 is 1.76 bits per heavy atom. The van der Waals surface area contributed by atoms with Crippen LogP contribution in [0.4, 0.5) is 4.39 Å². The molecule has 176 valence electrons. The Kier molecular flexibility index (Phi) is 6.43. The van der Waals surface area contributed by atoms with Crippen molar-refractivity contribution >= 4 is 17.9 Å². The Balaban J connectivity index is 1.54. The third-order valence-electron chi connectivity index (χ3n) is 7.56. The summed E-state index contributed by atoms with van der Waals surface area (Å²) in [6.45, 7) is 3.93. The normalized spacial score (nSPS) is 19.4. The van der Waals surface area contributed by atoms with Crippen molar-refractivity contribution in [2.24, 2.45) is 0 Å². The van der Waals surface area contributed by atoms with E-state index in [4.69, 9.17) is 4.74 Å². The zero-order valence-corrected chi connectivity index (χ0v) is 20.5. The van der Waals surface area contributed by atoms with Gasteiger partial charge in [-0.05, 0) is 118 Å². The van der Waals surface area contributed by atoms with E-state index in [0.717, 1.165) is 60.1 Å². The van der Waals surface area contributed by atoms with E-state index < -0.39 is 5.41 Å². The number of halogens is 1. The van der Waals surface area contributed by atoms with Gasteiger partial charge in [-0.15, -0.1) is 0 Å². The van der Waals surface area contributed by atoms with Gasteiger partial charge in [0.2, 0.25) is 5.91 Å². The van der Waals surface area contributed by atoms with Gasteiger partial charge in [0.05, 0.1) is 11.5 Å². The van der Waals surface area contributed by atoms with E-state index in [-0.39, 0.29) is 23.7 Å². The Bertz CT molecular complexity index is 1020. The molecule has 0 saturated heterocycles. The molecule has 3 aliphatic carbocycles. The van der Waals surface area contributed by atoms with Crippen molar-refractivity contribution in [2.45, 2.75) is 94.3 Å². The summed E-state index contributed by atoms with van der Waals surface area (Å²) in [4.78, 5) is 13.1. The molecule has 3 aliphatic rings. The van der Waals surface area contributed by atoms with Crippen molar-refractivity contribution in [2.75, 3.05) is 0 Å². The van der Waals surface area contributed by atoms with Crippen molar-refractivity contribution in [1.29, 1.82) is 0 Å². The molecule has 0 radical (unpaired) electrons. The van der Waals surface area contributed by atoms with Crippen LogP contribution in [0.3, 0.4) is 0 Å². The van der Waals surface area contributed by atoms with Gasteiger partial charge in [0.15, 0.2) is 0 Å². The van der Waals surface area contributed by atoms with Crippen LogP contribution in [0.1, 0.15) is 88.7 Å². The molecule has 3 fully saturated rings. The molecule has 0 bridgehead atoms. The number of carbonyl (C=O) groups is 1. The molecule has 3 nitrogen and oxygen atoms in total. The maximum atomic E-state index is 15.1. The lowest BCUT2D eigenvalue weighted by atomic mass is 9.76. The van der Waals surface area contributed by atoms with E-state index in [1.165, 1.54) is 25.7 Å². The lowest BCUT2D eigenvalue weighted by Gasteiger charge is -2.30. The molecule has 0 unspecified atom stereocenters. The van der Waals surface area contributed by atoms with Crippen molar-refractivity contribution in [3.63, 3.8) is 0 Å². The summed E-state index contributed by atoms with van der Waals surface area (Å²) in [5.41, 5.74) is 2.86. The molecule has 0 atom stereocenters. The highest BCUT2D eigenvalue weighted by molar-refractivity contribution is 7.98. The van der Waals surface area contributed by atoms with Gasteiger partial charge in [0.25, 0.3) is 0 Å². The summed E-state index contributed by atoms with van der Waals surface area (Å²) in [5.74, 6) is 0.941. The number of nitrogens with one attached hydrogen (secondary N) is 1. The third-order valence-corrected chi connectivity index (χ3v) is 8.67. The number of ether oxygens (including phenoxy) is 1. The van der Waals surface area contributed by atoms with Gasteiger partial charge in [-0.25, -0.2) is 4.39 Å². The largest absolute Gasteiger partial charge is 0.490 e. The van der Waals surface area contributed by atoms with Crippen molar-refractivity contribution in [1.82, 2.24) is 4.72 Å². The standard InChI is InChI=1S/C28H34FNO2S/c1-28(2,27(31)30-33-21-14-15-21)19-13-16-25(32-20-9-3-4-10-20)23(17-19)22-11-6-12-24(29)26(22)18-7-5-8-18/h6,11-13,16-18,20-21H,3-5,7-10,14-15H2,1-2H3,(H,30,31). The van der Waals surface area contributed by atoms with Crippen LogP contribution in [-0.2, 0) is 10.2 Å². The van der Waals surface area contributed by atoms with E-state index in [2.05, 4.69) is 10.8 Å². The number of carbonyl (C=O) groups excluding carboxylic acids is 1. The Hall–Kier alpha value is -2.01. The fourth-order valence-electron chi connectivity index (χ4n) is 4.88. The maximum absolute atomic E-state index is 15.1. The smallest absolute Gasteiger partial charge is 0.239 e. The van der Waals surface area contributed by atoms with E-state index in [9.17, 15) is 4.79 Å². The summed E-state index contributed by atoms with van der Waals surface area (Å²) >= 11 is 1.54. The fourth-order valence-corrected chi connectivity index (χ4v) is 5.78. The van der Waals surface area contributed by atoms with Gasteiger partial charge in [0.1, 0.15) is 11.6 Å². The number of hydrogen-bond acceptors (Lipinski definition) is 3. The highest BCUT2D eigenvalue weighted by atomic mass is 32.2. The summed E-state index contributed by atoms with van der Waals surface area (Å²) < 4.78 is 24.6. The van der Waals surface area contributed by atoms with Crippen molar-refractivity contribution < 1.29 is 13.9 Å². The van der Waals surface area contributed by atoms with Crippen LogP contribution in [0.2, 0.25) is 0 Å². The van der Waals surface area contributed by atoms with E-state index in [1.54, 1.807) is 24.1 Å². The molecule has 1 amide bonds. The maximum Gasteiger partial charge on any atom is 0.239 e. The first-order chi connectivity index (χ1) is 15.9. The SMILES string of the molecule is CC(C)(C(=O)NSC1CC1)c1ccc(OC2CCCC2)c(-c2cccc(F)c2C2CCC2)c1. The molecule has 1 N–H and O–H groups in total. The Morgan fingerprint density at radius 3 is 2.42 bits per heavy atom. The second-order valence-corrected chi connectivity index (χ2v) is 11.5. The summed E-state index contributed by atoms with van der Waals surface area (Å²) in [7, 11) is 0. The predicted molar refractivity (Wildman–Crippen MR) is 133 cm³/mol. The van der Waals surface area contributed by atoms with Gasteiger partial charge in [-0.3, -0.25) is 9.52 Å². The van der Waals surface area contributed by atoms with Crippen LogP contribution in [0.5, 0.6) is 5.75 Å². The number of amides is 1. The number of rotatable bonds is 8. The molecule has 0 spiro atoms. The monoisotopic (exact) mass is 467 g/mol. The van der Waals surface area contributed by atoms with Crippen LogP contribution in [0.15, 0.2) is 36.4 Å². The van der Waals surface area contributed by atoms with E-state index in [0.29, 0.717) is 5.25 Å². The molecule has 33 heavy (non-hydrogen) atoms. The molecule has 5 heteroatoms. The molecule has 5 rings (SSSR count). The predicted octanol–water partition coefficient (Wildman–Crippen LogP) is 7.29. The lowest BCUT2D eigenvalue weighted by molar-refractivity contribution is -0.123. The highest BCUT2D eigenvalue weighted by Crippen LogP contribution is 2.46. The minimum Gasteiger partial charge on any atom is -0.490 e. The highest BCUT2D eigenvalue weighted by Gasteiger charge is 2.34. The topological polar surface area (TPSA) is 38.3 Å². The second kappa shape index (κ2) is 9.32. The molecular formula is C28H34FNO2S. The molecular weight excluding hydrogens is 433 g/mol. The second-order valence-electron chi connectivity index (χ2n) is 10.4. The van der Waals surface area contributed by atoms with Gasteiger partial charge in [-0.2, -0.15) is 0 Å². The molecule has 0 heterocycles. The van der Waals surface area contributed by atoms with E-state index >= 15 is 4.39 Å².